The molecule has 0 aromatic heterocycles. The number of rotatable bonds is 3. The molecular formula is C15H23ClN2O2S. The highest BCUT2D eigenvalue weighted by Crippen LogP contribution is 2.25. The minimum absolute atomic E-state index is 0. The average Bonchev–Trinajstić information content (AvgIpc) is 2.88. The second-order valence-corrected chi connectivity index (χ2v) is 7.73. The largest absolute Gasteiger partial charge is 0.328 e. The number of nitrogens with one attached hydrogen (secondary N) is 1. The normalized spacial score (nSPS) is 25.2. The van der Waals surface area contributed by atoms with Crippen LogP contribution in [0.15, 0.2) is 23.1 Å². The van der Waals surface area contributed by atoms with E-state index in [2.05, 4.69) is 4.72 Å². The van der Waals surface area contributed by atoms with Gasteiger partial charge in [-0.1, -0.05) is 6.07 Å². The smallest absolute Gasteiger partial charge is 0.240 e. The molecule has 0 radical (unpaired) electrons. The molecule has 0 aliphatic heterocycles. The Morgan fingerprint density at radius 2 is 1.71 bits per heavy atom. The van der Waals surface area contributed by atoms with Gasteiger partial charge in [0.2, 0.25) is 10.0 Å². The maximum atomic E-state index is 12.4. The molecule has 0 unspecified atom stereocenters. The quantitative estimate of drug-likeness (QED) is 0.892. The van der Waals surface area contributed by atoms with E-state index in [1.54, 1.807) is 6.07 Å². The summed E-state index contributed by atoms with van der Waals surface area (Å²) in [6, 6.07) is 5.82. The van der Waals surface area contributed by atoms with Crippen molar-refractivity contribution < 1.29 is 8.42 Å². The van der Waals surface area contributed by atoms with Crippen LogP contribution in [0.4, 0.5) is 0 Å². The van der Waals surface area contributed by atoms with Crippen LogP contribution in [-0.2, 0) is 22.9 Å². The molecule has 2 aliphatic carbocycles. The first-order chi connectivity index (χ1) is 9.54. The Labute approximate surface area is 133 Å². The highest BCUT2D eigenvalue weighted by atomic mass is 35.5. The molecule has 6 heteroatoms. The van der Waals surface area contributed by atoms with E-state index in [1.807, 2.05) is 12.1 Å². The van der Waals surface area contributed by atoms with Gasteiger partial charge >= 0.3 is 0 Å². The van der Waals surface area contributed by atoms with Crippen molar-refractivity contribution >= 4 is 22.4 Å². The maximum absolute atomic E-state index is 12.4. The Kier molecular flexibility index (Phi) is 5.30. The highest BCUT2D eigenvalue weighted by Gasteiger charge is 2.25. The van der Waals surface area contributed by atoms with Crippen molar-refractivity contribution in [2.75, 3.05) is 0 Å². The Hall–Kier alpha value is -0.620. The number of hydrogen-bond donors (Lipinski definition) is 2. The summed E-state index contributed by atoms with van der Waals surface area (Å²) in [6.45, 7) is 0. The molecule has 3 rings (SSSR count). The molecule has 1 fully saturated rings. The zero-order valence-corrected chi connectivity index (χ0v) is 13.7. The summed E-state index contributed by atoms with van der Waals surface area (Å²) < 4.78 is 27.7. The van der Waals surface area contributed by atoms with Crippen LogP contribution in [0.5, 0.6) is 0 Å². The van der Waals surface area contributed by atoms with Crippen molar-refractivity contribution in [1.29, 1.82) is 0 Å². The third-order valence-electron chi connectivity index (χ3n) is 4.47. The Bertz CT molecular complexity index is 596. The van der Waals surface area contributed by atoms with E-state index in [0.717, 1.165) is 44.9 Å². The maximum Gasteiger partial charge on any atom is 0.240 e. The summed E-state index contributed by atoms with van der Waals surface area (Å²) in [6.07, 6.45) is 6.68. The number of hydrogen-bond acceptors (Lipinski definition) is 3. The Balaban J connectivity index is 0.00000161. The summed E-state index contributed by atoms with van der Waals surface area (Å²) in [5, 5.41) is 0. The molecule has 0 saturated heterocycles. The fraction of sp³-hybridized carbons (Fsp3) is 0.600. The van der Waals surface area contributed by atoms with Crippen LogP contribution in [0.1, 0.15) is 43.2 Å². The van der Waals surface area contributed by atoms with Gasteiger partial charge in [-0.25, -0.2) is 13.1 Å². The van der Waals surface area contributed by atoms with Crippen LogP contribution in [0, 0.1) is 0 Å². The van der Waals surface area contributed by atoms with Crippen LogP contribution < -0.4 is 10.5 Å². The minimum Gasteiger partial charge on any atom is -0.328 e. The van der Waals surface area contributed by atoms with Gasteiger partial charge in [0.05, 0.1) is 4.90 Å². The molecule has 3 N–H and O–H groups in total. The lowest BCUT2D eigenvalue weighted by Gasteiger charge is -2.26. The van der Waals surface area contributed by atoms with Gasteiger partial charge in [0.15, 0.2) is 0 Å². The molecule has 1 saturated carbocycles. The molecule has 21 heavy (non-hydrogen) atoms. The molecule has 2 aliphatic rings. The van der Waals surface area contributed by atoms with Gasteiger partial charge in [0, 0.05) is 12.1 Å². The van der Waals surface area contributed by atoms with Crippen molar-refractivity contribution in [3.8, 4) is 0 Å². The molecule has 118 valence electrons. The predicted molar refractivity (Wildman–Crippen MR) is 86.3 cm³/mol. The first-order valence-corrected chi connectivity index (χ1v) is 8.92. The Morgan fingerprint density at radius 3 is 2.43 bits per heavy atom. The van der Waals surface area contributed by atoms with Crippen LogP contribution in [0.25, 0.3) is 0 Å². The number of sulfonamides is 1. The fourth-order valence-electron chi connectivity index (χ4n) is 3.24. The SMILES string of the molecule is Cl.NC1CCC(NS(=O)(=O)c2ccc3c(c2)CCC3)CC1. The summed E-state index contributed by atoms with van der Waals surface area (Å²) in [5.74, 6) is 0. The second kappa shape index (κ2) is 6.65. The molecule has 0 amide bonds. The fourth-order valence-corrected chi connectivity index (χ4v) is 4.60. The van der Waals surface area contributed by atoms with Crippen molar-refractivity contribution in [3.63, 3.8) is 0 Å². The second-order valence-electron chi connectivity index (χ2n) is 6.02. The molecule has 1 aromatic rings. The van der Waals surface area contributed by atoms with E-state index in [0.29, 0.717) is 4.90 Å². The van der Waals surface area contributed by atoms with Crippen LogP contribution in [-0.4, -0.2) is 20.5 Å². The zero-order valence-electron chi connectivity index (χ0n) is 12.0. The molecule has 0 bridgehead atoms. The monoisotopic (exact) mass is 330 g/mol. The number of nitrogens with two attached hydrogens (primary N) is 1. The molecule has 0 heterocycles. The van der Waals surface area contributed by atoms with E-state index in [9.17, 15) is 8.42 Å². The summed E-state index contributed by atoms with van der Waals surface area (Å²) in [7, 11) is -3.39. The third-order valence-corrected chi connectivity index (χ3v) is 5.99. The van der Waals surface area contributed by atoms with Gasteiger partial charge in [-0.05, 0) is 68.2 Å². The summed E-state index contributed by atoms with van der Waals surface area (Å²) in [4.78, 5) is 0.410. The van der Waals surface area contributed by atoms with E-state index >= 15 is 0 Å². The number of fused-ring (bicyclic) bond motifs is 1. The molecular weight excluding hydrogens is 308 g/mol. The van der Waals surface area contributed by atoms with E-state index in [4.69, 9.17) is 5.73 Å². The van der Waals surface area contributed by atoms with Crippen LogP contribution in [0.3, 0.4) is 0 Å². The van der Waals surface area contributed by atoms with Gasteiger partial charge in [0.1, 0.15) is 0 Å². The number of aryl methyl sites for hydroxylation is 2. The van der Waals surface area contributed by atoms with Crippen molar-refractivity contribution in [1.82, 2.24) is 4.72 Å². The predicted octanol–water partition coefficient (Wildman–Crippen LogP) is 2.15. The van der Waals surface area contributed by atoms with Crippen LogP contribution in [0.2, 0.25) is 0 Å². The van der Waals surface area contributed by atoms with E-state index in [-0.39, 0.29) is 24.5 Å². The molecule has 4 nitrogen and oxygen atoms in total. The third kappa shape index (κ3) is 3.77. The van der Waals surface area contributed by atoms with Gasteiger partial charge in [-0.3, -0.25) is 0 Å². The lowest BCUT2D eigenvalue weighted by atomic mass is 9.93. The van der Waals surface area contributed by atoms with Gasteiger partial charge in [-0.2, -0.15) is 0 Å². The summed E-state index contributed by atoms with van der Waals surface area (Å²) >= 11 is 0. The average molecular weight is 331 g/mol. The molecule has 0 atom stereocenters. The Morgan fingerprint density at radius 1 is 1.05 bits per heavy atom. The minimum atomic E-state index is -3.39. The molecule has 1 aromatic carbocycles. The topological polar surface area (TPSA) is 72.2 Å². The van der Waals surface area contributed by atoms with Crippen molar-refractivity contribution in [2.45, 2.75) is 61.9 Å². The summed E-state index contributed by atoms with van der Waals surface area (Å²) in [5.41, 5.74) is 8.35. The lowest BCUT2D eigenvalue weighted by Crippen LogP contribution is -2.40. The lowest BCUT2D eigenvalue weighted by molar-refractivity contribution is 0.373. The van der Waals surface area contributed by atoms with Gasteiger partial charge in [0.25, 0.3) is 0 Å². The first-order valence-electron chi connectivity index (χ1n) is 7.44. The highest BCUT2D eigenvalue weighted by molar-refractivity contribution is 7.89. The first kappa shape index (κ1) is 16.7. The molecule has 0 spiro atoms. The van der Waals surface area contributed by atoms with Crippen molar-refractivity contribution in [3.05, 3.63) is 29.3 Å². The number of benzene rings is 1. The number of halogens is 1. The van der Waals surface area contributed by atoms with Crippen LogP contribution >= 0.6 is 12.4 Å². The van der Waals surface area contributed by atoms with Gasteiger partial charge in [-0.15, -0.1) is 12.4 Å². The van der Waals surface area contributed by atoms with E-state index in [1.165, 1.54) is 11.1 Å². The van der Waals surface area contributed by atoms with Gasteiger partial charge < -0.3 is 5.73 Å². The standard InChI is InChI=1S/C15H22N2O2S.ClH/c16-13-5-7-14(8-6-13)17-20(18,19)15-9-4-11-2-1-3-12(11)10-15;/h4,9-10,13-14,17H,1-3,5-8,16H2;1H. The van der Waals surface area contributed by atoms with E-state index < -0.39 is 10.0 Å². The zero-order chi connectivity index (χ0) is 14.2. The van der Waals surface area contributed by atoms with Crippen molar-refractivity contribution in [2.24, 2.45) is 5.73 Å².